The summed E-state index contributed by atoms with van der Waals surface area (Å²) < 4.78 is 0. The van der Waals surface area contributed by atoms with Crippen LogP contribution in [0.15, 0.2) is 24.3 Å². The molecule has 2 aliphatic rings. The topological polar surface area (TPSA) is 15.3 Å². The van der Waals surface area contributed by atoms with Gasteiger partial charge in [0.05, 0.1) is 0 Å². The first kappa shape index (κ1) is 15.1. The molecule has 1 N–H and O–H groups in total. The van der Waals surface area contributed by atoms with Crippen molar-refractivity contribution < 1.29 is 0 Å². The number of benzene rings is 1. The summed E-state index contributed by atoms with van der Waals surface area (Å²) >= 11 is 0. The molecule has 21 heavy (non-hydrogen) atoms. The van der Waals surface area contributed by atoms with E-state index in [1.54, 1.807) is 5.56 Å². The molecule has 1 atom stereocenters. The lowest BCUT2D eigenvalue weighted by Crippen LogP contribution is -2.37. The van der Waals surface area contributed by atoms with Gasteiger partial charge in [-0.3, -0.25) is 4.90 Å². The highest BCUT2D eigenvalue weighted by Gasteiger charge is 2.23. The van der Waals surface area contributed by atoms with Gasteiger partial charge in [-0.05, 0) is 62.2 Å². The van der Waals surface area contributed by atoms with Gasteiger partial charge in [-0.15, -0.1) is 0 Å². The molecule has 3 rings (SSSR count). The number of hydrogen-bond acceptors (Lipinski definition) is 2. The van der Waals surface area contributed by atoms with E-state index < -0.39 is 0 Å². The van der Waals surface area contributed by atoms with E-state index in [0.29, 0.717) is 6.04 Å². The van der Waals surface area contributed by atoms with E-state index in [2.05, 4.69) is 41.4 Å². The summed E-state index contributed by atoms with van der Waals surface area (Å²) in [6, 6.07) is 10.1. The van der Waals surface area contributed by atoms with Crippen LogP contribution < -0.4 is 5.32 Å². The monoisotopic (exact) mass is 286 g/mol. The summed E-state index contributed by atoms with van der Waals surface area (Å²) in [6.45, 7) is 7.08. The van der Waals surface area contributed by atoms with E-state index in [4.69, 9.17) is 0 Å². The molecule has 116 valence electrons. The Labute approximate surface area is 129 Å². The van der Waals surface area contributed by atoms with Crippen molar-refractivity contribution in [2.75, 3.05) is 19.6 Å². The molecule has 1 aliphatic carbocycles. The minimum atomic E-state index is 0.716. The van der Waals surface area contributed by atoms with Gasteiger partial charge in [0, 0.05) is 19.1 Å². The Morgan fingerprint density at radius 3 is 2.86 bits per heavy atom. The van der Waals surface area contributed by atoms with Gasteiger partial charge in [0.2, 0.25) is 0 Å². The molecule has 2 fully saturated rings. The second-order valence-electron chi connectivity index (χ2n) is 6.90. The van der Waals surface area contributed by atoms with Gasteiger partial charge >= 0.3 is 0 Å². The fourth-order valence-electron chi connectivity index (χ4n) is 3.46. The normalized spacial score (nSPS) is 22.1. The fourth-order valence-corrected chi connectivity index (χ4v) is 3.46. The zero-order valence-electron chi connectivity index (χ0n) is 13.5. The average Bonchev–Trinajstić information content (AvgIpc) is 3.24. The van der Waals surface area contributed by atoms with Crippen LogP contribution in [0.25, 0.3) is 0 Å². The number of unbranched alkanes of at least 4 members (excludes halogenated alkanes) is 1. The molecule has 0 spiro atoms. The molecule has 1 unspecified atom stereocenters. The molecule has 1 saturated carbocycles. The summed E-state index contributed by atoms with van der Waals surface area (Å²) in [5, 5.41) is 3.65. The molecule has 1 aliphatic heterocycles. The van der Waals surface area contributed by atoms with Crippen LogP contribution in [0.5, 0.6) is 0 Å². The van der Waals surface area contributed by atoms with Gasteiger partial charge in [0.1, 0.15) is 0 Å². The molecule has 1 aromatic rings. The minimum absolute atomic E-state index is 0.716. The maximum absolute atomic E-state index is 3.65. The third-order valence-electron chi connectivity index (χ3n) is 4.87. The Bertz CT molecular complexity index is 433. The predicted octanol–water partition coefficient (Wildman–Crippen LogP) is 3.92. The summed E-state index contributed by atoms with van der Waals surface area (Å²) in [5.41, 5.74) is 3.08. The van der Waals surface area contributed by atoms with Gasteiger partial charge in [-0.2, -0.15) is 0 Å². The minimum Gasteiger partial charge on any atom is -0.313 e. The molecule has 0 radical (unpaired) electrons. The van der Waals surface area contributed by atoms with Crippen molar-refractivity contribution in [3.8, 4) is 0 Å². The van der Waals surface area contributed by atoms with Crippen LogP contribution in [-0.4, -0.2) is 30.6 Å². The van der Waals surface area contributed by atoms with E-state index in [-0.39, 0.29) is 0 Å². The van der Waals surface area contributed by atoms with Gasteiger partial charge in [-0.1, -0.05) is 37.6 Å². The summed E-state index contributed by atoms with van der Waals surface area (Å²) in [5.74, 6) is 0.866. The molecule has 0 amide bonds. The van der Waals surface area contributed by atoms with Crippen molar-refractivity contribution in [2.45, 2.75) is 64.0 Å². The van der Waals surface area contributed by atoms with Gasteiger partial charge in [0.15, 0.2) is 0 Å². The maximum Gasteiger partial charge on any atom is 0.0234 e. The van der Waals surface area contributed by atoms with E-state index in [9.17, 15) is 0 Å². The number of rotatable bonds is 8. The van der Waals surface area contributed by atoms with E-state index in [1.165, 1.54) is 63.7 Å². The molecular weight excluding hydrogens is 256 g/mol. The van der Waals surface area contributed by atoms with Crippen LogP contribution in [0.3, 0.4) is 0 Å². The predicted molar refractivity (Wildman–Crippen MR) is 89.6 cm³/mol. The van der Waals surface area contributed by atoms with E-state index in [0.717, 1.165) is 12.5 Å². The second kappa shape index (κ2) is 7.42. The highest BCUT2D eigenvalue weighted by Crippen LogP contribution is 2.40. The summed E-state index contributed by atoms with van der Waals surface area (Å²) in [4.78, 5) is 2.67. The first-order chi connectivity index (χ1) is 10.3. The molecule has 2 heteroatoms. The van der Waals surface area contributed by atoms with Gasteiger partial charge in [0.25, 0.3) is 0 Å². The molecule has 0 aromatic heterocycles. The molecule has 1 aromatic carbocycles. The Morgan fingerprint density at radius 1 is 1.24 bits per heavy atom. The van der Waals surface area contributed by atoms with Crippen molar-refractivity contribution >= 4 is 0 Å². The van der Waals surface area contributed by atoms with Crippen molar-refractivity contribution in [1.29, 1.82) is 0 Å². The van der Waals surface area contributed by atoms with Crippen LogP contribution in [0.1, 0.15) is 62.5 Å². The quantitative estimate of drug-likeness (QED) is 0.779. The number of hydrogen-bond donors (Lipinski definition) is 1. The van der Waals surface area contributed by atoms with Crippen LogP contribution in [0.4, 0.5) is 0 Å². The summed E-state index contributed by atoms with van der Waals surface area (Å²) in [6.07, 6.45) is 8.10. The number of nitrogens with zero attached hydrogens (tertiary/aromatic N) is 1. The van der Waals surface area contributed by atoms with Crippen LogP contribution >= 0.6 is 0 Å². The third-order valence-corrected chi connectivity index (χ3v) is 4.87. The van der Waals surface area contributed by atoms with Crippen LogP contribution in [-0.2, 0) is 6.54 Å². The fraction of sp³-hybridized carbons (Fsp3) is 0.684. The van der Waals surface area contributed by atoms with E-state index >= 15 is 0 Å². The van der Waals surface area contributed by atoms with Gasteiger partial charge in [-0.25, -0.2) is 0 Å². The summed E-state index contributed by atoms with van der Waals surface area (Å²) in [7, 11) is 0. The maximum atomic E-state index is 3.65. The van der Waals surface area contributed by atoms with Crippen molar-refractivity contribution in [2.24, 2.45) is 0 Å². The zero-order chi connectivity index (χ0) is 14.5. The van der Waals surface area contributed by atoms with Crippen molar-refractivity contribution in [1.82, 2.24) is 10.2 Å². The molecule has 1 heterocycles. The Hall–Kier alpha value is -0.860. The Kier molecular flexibility index (Phi) is 5.32. The molecular formula is C19H30N2. The van der Waals surface area contributed by atoms with Gasteiger partial charge < -0.3 is 5.32 Å². The van der Waals surface area contributed by atoms with Crippen LogP contribution in [0.2, 0.25) is 0 Å². The SMILES string of the molecule is CCCCN(Cc1cccc(C2CC2)c1)CC1CCCN1. The lowest BCUT2D eigenvalue weighted by molar-refractivity contribution is 0.237. The van der Waals surface area contributed by atoms with Crippen molar-refractivity contribution in [3.05, 3.63) is 35.4 Å². The smallest absolute Gasteiger partial charge is 0.0234 e. The highest BCUT2D eigenvalue weighted by atomic mass is 15.1. The lowest BCUT2D eigenvalue weighted by Gasteiger charge is -2.26. The second-order valence-corrected chi connectivity index (χ2v) is 6.90. The highest BCUT2D eigenvalue weighted by molar-refractivity contribution is 5.29. The standard InChI is InChI=1S/C19H30N2/c1-2-3-12-21(15-19-8-5-11-20-19)14-16-6-4-7-18(13-16)17-9-10-17/h4,6-7,13,17,19-20H,2-3,5,8-12,14-15H2,1H3. The van der Waals surface area contributed by atoms with E-state index in [1.807, 2.05) is 0 Å². The number of nitrogens with one attached hydrogen (secondary N) is 1. The molecule has 0 bridgehead atoms. The Balaban J connectivity index is 1.60. The zero-order valence-corrected chi connectivity index (χ0v) is 13.5. The third kappa shape index (κ3) is 4.55. The Morgan fingerprint density at radius 2 is 2.14 bits per heavy atom. The molecule has 2 nitrogen and oxygen atoms in total. The lowest BCUT2D eigenvalue weighted by atomic mass is 10.1. The largest absolute Gasteiger partial charge is 0.313 e. The first-order valence-electron chi connectivity index (χ1n) is 8.89. The van der Waals surface area contributed by atoms with Crippen LogP contribution in [0, 0.1) is 0 Å². The first-order valence-corrected chi connectivity index (χ1v) is 8.89. The average molecular weight is 286 g/mol. The molecule has 1 saturated heterocycles. The van der Waals surface area contributed by atoms with Crippen molar-refractivity contribution in [3.63, 3.8) is 0 Å².